The molecule has 8 heteroatoms. The van der Waals surface area contributed by atoms with Gasteiger partial charge in [0.2, 0.25) is 5.91 Å². The second-order valence-electron chi connectivity index (χ2n) is 6.79. The summed E-state index contributed by atoms with van der Waals surface area (Å²) in [6.07, 6.45) is 3.88. The monoisotopic (exact) mass is 434 g/mol. The van der Waals surface area contributed by atoms with Gasteiger partial charge in [-0.15, -0.1) is 11.3 Å². The Morgan fingerprint density at radius 1 is 1.38 bits per heavy atom. The van der Waals surface area contributed by atoms with Gasteiger partial charge in [-0.25, -0.2) is 8.42 Å². The van der Waals surface area contributed by atoms with Crippen LogP contribution in [0, 0.1) is 11.8 Å². The molecular weight excluding hydrogens is 412 g/mol. The van der Waals surface area contributed by atoms with Crippen molar-refractivity contribution in [3.8, 4) is 0 Å². The highest BCUT2D eigenvalue weighted by Gasteiger charge is 2.38. The molecule has 2 atom stereocenters. The molecule has 5 nitrogen and oxygen atoms in total. The minimum atomic E-state index is -3.51. The van der Waals surface area contributed by atoms with Crippen molar-refractivity contribution in [1.82, 2.24) is 9.21 Å². The number of hydrogen-bond donors (Lipinski definition) is 0. The first-order chi connectivity index (χ1) is 11.3. The summed E-state index contributed by atoms with van der Waals surface area (Å²) in [5.41, 5.74) is 0. The van der Waals surface area contributed by atoms with Crippen LogP contribution in [0.25, 0.3) is 0 Å². The molecule has 0 unspecified atom stereocenters. The molecule has 134 valence electrons. The van der Waals surface area contributed by atoms with Gasteiger partial charge in [0.15, 0.2) is 0 Å². The van der Waals surface area contributed by atoms with Crippen molar-refractivity contribution in [2.24, 2.45) is 11.8 Å². The molecule has 1 aromatic rings. The molecule has 0 aromatic carbocycles. The fourth-order valence-electron chi connectivity index (χ4n) is 3.31. The van der Waals surface area contributed by atoms with Crippen molar-refractivity contribution in [3.05, 3.63) is 15.9 Å². The molecule has 2 aliphatic rings. The number of hydrogen-bond acceptors (Lipinski definition) is 4. The maximum absolute atomic E-state index is 12.8. The molecule has 0 N–H and O–H groups in total. The van der Waals surface area contributed by atoms with Crippen LogP contribution in [-0.4, -0.2) is 49.7 Å². The fraction of sp³-hybridized carbons (Fsp3) is 0.688. The predicted octanol–water partition coefficient (Wildman–Crippen LogP) is 3.17. The Kier molecular flexibility index (Phi) is 5.39. The van der Waals surface area contributed by atoms with Crippen molar-refractivity contribution < 1.29 is 13.2 Å². The van der Waals surface area contributed by atoms with E-state index in [0.717, 1.165) is 16.6 Å². The van der Waals surface area contributed by atoms with Crippen molar-refractivity contribution in [1.29, 1.82) is 0 Å². The van der Waals surface area contributed by atoms with Crippen molar-refractivity contribution in [2.45, 2.75) is 42.9 Å². The number of rotatable bonds is 5. The van der Waals surface area contributed by atoms with E-state index < -0.39 is 10.0 Å². The fourth-order valence-corrected chi connectivity index (χ4v) is 7.00. The summed E-state index contributed by atoms with van der Waals surface area (Å²) in [6, 6.07) is 3.62. The minimum Gasteiger partial charge on any atom is -0.342 e. The zero-order valence-corrected chi connectivity index (χ0v) is 17.2. The van der Waals surface area contributed by atoms with E-state index in [1.54, 1.807) is 12.1 Å². The van der Waals surface area contributed by atoms with Gasteiger partial charge in [0.05, 0.1) is 9.70 Å². The van der Waals surface area contributed by atoms with Gasteiger partial charge in [-0.05, 0) is 66.6 Å². The molecule has 0 bridgehead atoms. The summed E-state index contributed by atoms with van der Waals surface area (Å²) in [7, 11) is -1.65. The minimum absolute atomic E-state index is 0.0849. The third kappa shape index (κ3) is 3.71. The third-order valence-corrected chi connectivity index (χ3v) is 9.10. The van der Waals surface area contributed by atoms with Gasteiger partial charge < -0.3 is 4.90 Å². The van der Waals surface area contributed by atoms with Crippen LogP contribution in [0.2, 0.25) is 0 Å². The normalized spacial score (nSPS) is 23.9. The summed E-state index contributed by atoms with van der Waals surface area (Å²) >= 11 is 4.53. The number of nitrogens with zero attached hydrogens (tertiary/aromatic N) is 2. The molecule has 1 aliphatic heterocycles. The largest absolute Gasteiger partial charge is 0.342 e. The summed E-state index contributed by atoms with van der Waals surface area (Å²) in [5, 5.41) is 0. The summed E-state index contributed by atoms with van der Waals surface area (Å²) in [6.45, 7) is 2.87. The first-order valence-corrected chi connectivity index (χ1v) is 11.4. The molecule has 0 radical (unpaired) electrons. The van der Waals surface area contributed by atoms with Gasteiger partial charge >= 0.3 is 0 Å². The Morgan fingerprint density at radius 2 is 2.08 bits per heavy atom. The lowest BCUT2D eigenvalue weighted by atomic mass is 9.97. The highest BCUT2D eigenvalue weighted by molar-refractivity contribution is 9.11. The Balaban J connectivity index is 1.70. The van der Waals surface area contributed by atoms with E-state index in [2.05, 4.69) is 22.9 Å². The van der Waals surface area contributed by atoms with Crippen LogP contribution >= 0.6 is 27.3 Å². The second-order valence-corrected chi connectivity index (χ2v) is 11.4. The molecule has 24 heavy (non-hydrogen) atoms. The molecular formula is C16H23BrN2O3S2. The highest BCUT2D eigenvalue weighted by atomic mass is 79.9. The van der Waals surface area contributed by atoms with E-state index in [9.17, 15) is 13.2 Å². The number of carbonyl (C=O) groups excluding carboxylic acids is 1. The molecule has 1 amide bonds. The molecule has 1 saturated heterocycles. The first kappa shape index (κ1) is 18.4. The molecule has 3 rings (SSSR count). The average molecular weight is 435 g/mol. The Morgan fingerprint density at radius 3 is 2.67 bits per heavy atom. The smallest absolute Gasteiger partial charge is 0.252 e. The Labute approximate surface area is 156 Å². The van der Waals surface area contributed by atoms with E-state index >= 15 is 0 Å². The molecule has 1 aliphatic carbocycles. The molecule has 1 aromatic heterocycles. The molecule has 0 spiro atoms. The first-order valence-electron chi connectivity index (χ1n) is 8.33. The molecule has 1 saturated carbocycles. The quantitative estimate of drug-likeness (QED) is 0.714. The number of sulfonamides is 1. The van der Waals surface area contributed by atoms with Gasteiger partial charge in [-0.3, -0.25) is 4.79 Å². The van der Waals surface area contributed by atoms with Gasteiger partial charge in [-0.1, -0.05) is 0 Å². The Bertz CT molecular complexity index is 715. The van der Waals surface area contributed by atoms with E-state index in [-0.39, 0.29) is 17.9 Å². The number of carbonyl (C=O) groups is 1. The lowest BCUT2D eigenvalue weighted by Crippen LogP contribution is -2.48. The topological polar surface area (TPSA) is 57.7 Å². The predicted molar refractivity (Wildman–Crippen MR) is 98.5 cm³/mol. The van der Waals surface area contributed by atoms with Gasteiger partial charge in [0, 0.05) is 26.2 Å². The average Bonchev–Trinajstić information content (AvgIpc) is 3.33. The molecule has 2 fully saturated rings. The maximum atomic E-state index is 12.8. The van der Waals surface area contributed by atoms with Crippen LogP contribution in [0.4, 0.5) is 0 Å². The van der Waals surface area contributed by atoms with Crippen LogP contribution in [0.1, 0.15) is 32.6 Å². The van der Waals surface area contributed by atoms with Crippen LogP contribution in [0.5, 0.6) is 0 Å². The van der Waals surface area contributed by atoms with Crippen LogP contribution in [-0.2, 0) is 14.8 Å². The Hall–Kier alpha value is -0.440. The van der Waals surface area contributed by atoms with Crippen LogP contribution < -0.4 is 0 Å². The summed E-state index contributed by atoms with van der Waals surface area (Å²) in [4.78, 5) is 14.6. The van der Waals surface area contributed by atoms with E-state index in [0.29, 0.717) is 23.2 Å². The maximum Gasteiger partial charge on any atom is 0.252 e. The second kappa shape index (κ2) is 7.05. The lowest BCUT2D eigenvalue weighted by molar-refractivity contribution is -0.137. The number of thiophene rings is 1. The highest BCUT2D eigenvalue weighted by Crippen LogP contribution is 2.36. The van der Waals surface area contributed by atoms with E-state index in [1.807, 2.05) is 11.9 Å². The molecule has 2 heterocycles. The number of halogens is 1. The summed E-state index contributed by atoms with van der Waals surface area (Å²) in [5.74, 6) is 0.468. The third-order valence-electron chi connectivity index (χ3n) is 5.14. The zero-order chi connectivity index (χ0) is 17.5. The lowest BCUT2D eigenvalue weighted by Gasteiger charge is -2.35. The van der Waals surface area contributed by atoms with Crippen molar-refractivity contribution in [2.75, 3.05) is 20.1 Å². The van der Waals surface area contributed by atoms with Gasteiger partial charge in [0.1, 0.15) is 4.21 Å². The number of piperidine rings is 1. The SMILES string of the molecule is C[C@H](C1CC1)N(C)C(=O)[C@H]1CCCN(S(=O)(=O)c2ccc(Br)s2)C1. The number of amides is 1. The van der Waals surface area contributed by atoms with E-state index in [4.69, 9.17) is 0 Å². The van der Waals surface area contributed by atoms with Crippen molar-refractivity contribution >= 4 is 43.2 Å². The van der Waals surface area contributed by atoms with Crippen molar-refractivity contribution in [3.63, 3.8) is 0 Å². The zero-order valence-electron chi connectivity index (χ0n) is 13.9. The van der Waals surface area contributed by atoms with Gasteiger partial charge in [0.25, 0.3) is 10.0 Å². The van der Waals surface area contributed by atoms with Gasteiger partial charge in [-0.2, -0.15) is 4.31 Å². The summed E-state index contributed by atoms with van der Waals surface area (Å²) < 4.78 is 28.2. The van der Waals surface area contributed by atoms with Crippen LogP contribution in [0.3, 0.4) is 0 Å². The van der Waals surface area contributed by atoms with E-state index in [1.165, 1.54) is 28.5 Å². The van der Waals surface area contributed by atoms with Crippen LogP contribution in [0.15, 0.2) is 20.1 Å². The standard InChI is InChI=1S/C16H23BrN2O3S2/c1-11(12-5-6-12)18(2)16(20)13-4-3-9-19(10-13)24(21,22)15-8-7-14(17)23-15/h7-8,11-13H,3-6,9-10H2,1-2H3/t11-,13+/m1/s1.